The van der Waals surface area contributed by atoms with E-state index in [-0.39, 0.29) is 6.61 Å². The number of terminal acetylenes is 1. The molecular weight excluding hydrogens is 334 g/mol. The van der Waals surface area contributed by atoms with Crippen molar-refractivity contribution in [3.63, 3.8) is 0 Å². The predicted octanol–water partition coefficient (Wildman–Crippen LogP) is 3.60. The highest BCUT2D eigenvalue weighted by Crippen LogP contribution is 2.05. The second-order valence-corrected chi connectivity index (χ2v) is 5.63. The van der Waals surface area contributed by atoms with Gasteiger partial charge in [-0.2, -0.15) is 0 Å². The maximum absolute atomic E-state index is 11.9. The summed E-state index contributed by atoms with van der Waals surface area (Å²) in [6, 6.07) is 17.4. The average molecular weight is 355 g/mol. The Morgan fingerprint density at radius 2 is 1.59 bits per heavy atom. The Balaban J connectivity index is 1.87. The van der Waals surface area contributed by atoms with Crippen molar-refractivity contribution in [3.05, 3.63) is 76.5 Å². The van der Waals surface area contributed by atoms with E-state index in [0.29, 0.717) is 26.0 Å². The number of hydroxylamine groups is 1. The van der Waals surface area contributed by atoms with Gasteiger partial charge in [-0.15, -0.1) is 6.42 Å². The molecule has 0 radical (unpaired) electrons. The van der Waals surface area contributed by atoms with Gasteiger partial charge in [0.15, 0.2) is 12.8 Å². The van der Waals surface area contributed by atoms with Gasteiger partial charge >= 0.3 is 0 Å². The molecule has 0 amide bonds. The summed E-state index contributed by atoms with van der Waals surface area (Å²) in [6.07, 6.45) is 7.97. The topological polar surface area (TPSA) is 35.3 Å². The monoisotopic (exact) mass is 355 g/mol. The van der Waals surface area contributed by atoms with Gasteiger partial charge in [0.05, 0.1) is 0 Å². The highest BCUT2D eigenvalue weighted by Gasteiger charge is 1.97. The minimum atomic E-state index is 0.258. The maximum Gasteiger partial charge on any atom is 0.178 e. The van der Waals surface area contributed by atoms with Crippen LogP contribution in [0.4, 0.5) is 0 Å². The first-order chi connectivity index (χ1) is 13.3. The van der Waals surface area contributed by atoms with Crippen LogP contribution in [0.25, 0.3) is 0 Å². The molecule has 0 fully saturated rings. The first-order valence-electron chi connectivity index (χ1n) is 8.68. The van der Waals surface area contributed by atoms with Gasteiger partial charge in [-0.1, -0.05) is 72.1 Å². The number of rotatable bonds is 6. The lowest BCUT2D eigenvalue weighted by Crippen LogP contribution is -2.04. The third kappa shape index (κ3) is 7.98. The normalized spacial score (nSPS) is 10.1. The maximum atomic E-state index is 11.9. The SMILES string of the molecule is C#CCOCC#Cc1ccccc1C#CCC/C=[N+](\[O-])Cc1ccccc1. The lowest BCUT2D eigenvalue weighted by Gasteiger charge is -2.03. The van der Waals surface area contributed by atoms with Crippen LogP contribution in [0.1, 0.15) is 29.5 Å². The third-order valence-electron chi connectivity index (χ3n) is 3.52. The number of nitrogens with zero attached hydrogens (tertiary/aromatic N) is 1. The fraction of sp³-hybridized carbons (Fsp3) is 0.208. The number of hydrogen-bond donors (Lipinski definition) is 0. The van der Waals surface area contributed by atoms with E-state index >= 15 is 0 Å². The molecule has 0 aliphatic heterocycles. The standard InChI is InChI=1S/C24H21NO2/c1-2-19-27-20-11-17-24-16-9-8-15-23(24)14-7-4-10-18-25(26)21-22-12-5-3-6-13-22/h1,3,5-6,8-9,12-13,15-16,18H,4,10,19-21H2/b25-18-. The van der Waals surface area contributed by atoms with Crippen molar-refractivity contribution in [2.75, 3.05) is 13.2 Å². The summed E-state index contributed by atoms with van der Waals surface area (Å²) in [5.41, 5.74) is 2.71. The highest BCUT2D eigenvalue weighted by atomic mass is 16.5. The van der Waals surface area contributed by atoms with Crippen molar-refractivity contribution < 1.29 is 9.48 Å². The van der Waals surface area contributed by atoms with E-state index in [0.717, 1.165) is 21.4 Å². The summed E-state index contributed by atoms with van der Waals surface area (Å²) in [5, 5.41) is 11.9. The Labute approximate surface area is 161 Å². The summed E-state index contributed by atoms with van der Waals surface area (Å²) in [6.45, 7) is 0.906. The van der Waals surface area contributed by atoms with Gasteiger partial charge in [0.2, 0.25) is 0 Å². The van der Waals surface area contributed by atoms with E-state index in [1.54, 1.807) is 6.21 Å². The van der Waals surface area contributed by atoms with E-state index in [9.17, 15) is 5.21 Å². The van der Waals surface area contributed by atoms with E-state index < -0.39 is 0 Å². The molecule has 0 saturated heterocycles. The van der Waals surface area contributed by atoms with E-state index in [4.69, 9.17) is 11.2 Å². The molecular formula is C24H21NO2. The van der Waals surface area contributed by atoms with Crippen LogP contribution in [-0.4, -0.2) is 24.2 Å². The molecule has 0 aromatic heterocycles. The van der Waals surface area contributed by atoms with Gasteiger partial charge in [-0.3, -0.25) is 0 Å². The van der Waals surface area contributed by atoms with E-state index in [1.807, 2.05) is 54.6 Å². The van der Waals surface area contributed by atoms with Crippen molar-refractivity contribution in [2.24, 2.45) is 0 Å². The summed E-state index contributed by atoms with van der Waals surface area (Å²) in [4.78, 5) is 0. The molecule has 2 aromatic rings. The molecule has 3 heteroatoms. The second-order valence-electron chi connectivity index (χ2n) is 5.63. The van der Waals surface area contributed by atoms with Gasteiger partial charge in [0.25, 0.3) is 0 Å². The van der Waals surface area contributed by atoms with Crippen molar-refractivity contribution in [2.45, 2.75) is 19.4 Å². The Morgan fingerprint density at radius 1 is 0.926 bits per heavy atom. The fourth-order valence-corrected chi connectivity index (χ4v) is 2.26. The molecule has 0 saturated carbocycles. The molecule has 0 aliphatic rings. The lowest BCUT2D eigenvalue weighted by molar-refractivity contribution is -0.471. The van der Waals surface area contributed by atoms with Crippen LogP contribution in [0.15, 0.2) is 54.6 Å². The first kappa shape index (κ1) is 19.9. The number of benzene rings is 2. The lowest BCUT2D eigenvalue weighted by atomic mass is 10.1. The molecule has 2 rings (SSSR count). The van der Waals surface area contributed by atoms with Crippen LogP contribution in [0.2, 0.25) is 0 Å². The summed E-state index contributed by atoms with van der Waals surface area (Å²) in [5.74, 6) is 14.6. The Hall–Kier alpha value is -3.45. The van der Waals surface area contributed by atoms with Gasteiger partial charge in [0, 0.05) is 29.5 Å². The fourth-order valence-electron chi connectivity index (χ4n) is 2.26. The summed E-state index contributed by atoms with van der Waals surface area (Å²) < 4.78 is 6.09. The minimum absolute atomic E-state index is 0.258. The smallest absolute Gasteiger partial charge is 0.178 e. The second kappa shape index (κ2) is 12.0. The minimum Gasteiger partial charge on any atom is -0.624 e. The molecule has 0 N–H and O–H groups in total. The van der Waals surface area contributed by atoms with Gasteiger partial charge in [-0.25, -0.2) is 4.74 Å². The van der Waals surface area contributed by atoms with Crippen LogP contribution in [0.3, 0.4) is 0 Å². The van der Waals surface area contributed by atoms with Crippen LogP contribution in [0.5, 0.6) is 0 Å². The van der Waals surface area contributed by atoms with Gasteiger partial charge < -0.3 is 9.94 Å². The van der Waals surface area contributed by atoms with Crippen molar-refractivity contribution >= 4 is 6.21 Å². The van der Waals surface area contributed by atoms with Crippen LogP contribution < -0.4 is 0 Å². The highest BCUT2D eigenvalue weighted by molar-refractivity contribution is 5.53. The largest absolute Gasteiger partial charge is 0.624 e. The molecule has 0 aliphatic carbocycles. The molecule has 3 nitrogen and oxygen atoms in total. The zero-order valence-corrected chi connectivity index (χ0v) is 15.2. The average Bonchev–Trinajstić information content (AvgIpc) is 2.69. The molecule has 0 unspecified atom stereocenters. The van der Waals surface area contributed by atoms with Gasteiger partial charge in [0.1, 0.15) is 13.2 Å². The first-order valence-corrected chi connectivity index (χ1v) is 8.68. The molecule has 0 heterocycles. The van der Waals surface area contributed by atoms with Crippen LogP contribution in [0, 0.1) is 41.2 Å². The molecule has 0 spiro atoms. The zero-order chi connectivity index (χ0) is 19.2. The molecule has 134 valence electrons. The van der Waals surface area contributed by atoms with E-state index in [1.165, 1.54) is 0 Å². The quantitative estimate of drug-likeness (QED) is 0.198. The third-order valence-corrected chi connectivity index (χ3v) is 3.52. The molecule has 0 bridgehead atoms. The van der Waals surface area contributed by atoms with Crippen LogP contribution in [-0.2, 0) is 11.3 Å². The Morgan fingerprint density at radius 3 is 2.30 bits per heavy atom. The molecule has 2 aromatic carbocycles. The van der Waals surface area contributed by atoms with Crippen molar-refractivity contribution in [1.82, 2.24) is 0 Å². The summed E-state index contributed by atoms with van der Waals surface area (Å²) in [7, 11) is 0. The van der Waals surface area contributed by atoms with Crippen molar-refractivity contribution in [1.29, 1.82) is 0 Å². The van der Waals surface area contributed by atoms with Gasteiger partial charge in [-0.05, 0) is 12.1 Å². The molecule has 0 atom stereocenters. The van der Waals surface area contributed by atoms with Crippen molar-refractivity contribution in [3.8, 4) is 36.0 Å². The number of hydrogen-bond acceptors (Lipinski definition) is 2. The summed E-state index contributed by atoms with van der Waals surface area (Å²) >= 11 is 0. The Kier molecular flexibility index (Phi) is 8.83. The predicted molar refractivity (Wildman–Crippen MR) is 109 cm³/mol. The van der Waals surface area contributed by atoms with Crippen LogP contribution >= 0.6 is 0 Å². The zero-order valence-electron chi connectivity index (χ0n) is 15.2. The molecule has 27 heavy (non-hydrogen) atoms. The Bertz CT molecular complexity index is 916. The number of ether oxygens (including phenoxy) is 1. The van der Waals surface area contributed by atoms with E-state index in [2.05, 4.69) is 29.6 Å². The number of unbranched alkanes of at least 4 members (excludes halogenated alkanes) is 1.